The summed E-state index contributed by atoms with van der Waals surface area (Å²) in [5.74, 6) is 5.86. The zero-order chi connectivity index (χ0) is 15.9. The van der Waals surface area contributed by atoms with E-state index in [0.29, 0.717) is 19.4 Å². The summed E-state index contributed by atoms with van der Waals surface area (Å²) in [6.45, 7) is 4.37. The number of aliphatic hydroxyl groups excluding tert-OH is 1. The molecule has 0 aliphatic rings. The molecule has 1 aromatic heterocycles. The standard InChI is InChI=1S/C16H23NO3S/c1-5-16(2,20-4)15(19)17(3)11-14-10-13(12-21-14)8-6-7-9-18/h10,12,18H,5,7,9,11H2,1-4H3. The highest BCUT2D eigenvalue weighted by atomic mass is 32.1. The molecule has 116 valence electrons. The molecule has 0 saturated heterocycles. The lowest BCUT2D eigenvalue weighted by Gasteiger charge is -2.30. The van der Waals surface area contributed by atoms with Gasteiger partial charge in [-0.2, -0.15) is 0 Å². The van der Waals surface area contributed by atoms with Gasteiger partial charge in [0.15, 0.2) is 0 Å². The molecule has 1 rings (SSSR count). The van der Waals surface area contributed by atoms with Crippen LogP contribution in [0.5, 0.6) is 0 Å². The summed E-state index contributed by atoms with van der Waals surface area (Å²) in [5.41, 5.74) is 0.157. The summed E-state index contributed by atoms with van der Waals surface area (Å²) < 4.78 is 5.34. The molecular weight excluding hydrogens is 286 g/mol. The van der Waals surface area contributed by atoms with Crippen LogP contribution in [0.4, 0.5) is 0 Å². The van der Waals surface area contributed by atoms with Gasteiger partial charge < -0.3 is 14.7 Å². The Balaban J connectivity index is 2.69. The number of carbonyl (C=O) groups is 1. The smallest absolute Gasteiger partial charge is 0.254 e. The summed E-state index contributed by atoms with van der Waals surface area (Å²) in [6, 6.07) is 1.98. The molecule has 4 nitrogen and oxygen atoms in total. The van der Waals surface area contributed by atoms with E-state index in [-0.39, 0.29) is 12.5 Å². The van der Waals surface area contributed by atoms with Crippen LogP contribution in [0.25, 0.3) is 0 Å². The zero-order valence-corrected chi connectivity index (χ0v) is 13.9. The third-order valence-corrected chi connectivity index (χ3v) is 4.36. The van der Waals surface area contributed by atoms with E-state index in [4.69, 9.17) is 9.84 Å². The van der Waals surface area contributed by atoms with Gasteiger partial charge in [-0.3, -0.25) is 4.79 Å². The molecule has 1 unspecified atom stereocenters. The fourth-order valence-electron chi connectivity index (χ4n) is 1.84. The Labute approximate surface area is 130 Å². The lowest BCUT2D eigenvalue weighted by molar-refractivity contribution is -0.152. The number of rotatable bonds is 6. The first-order valence-electron chi connectivity index (χ1n) is 6.94. The SMILES string of the molecule is CCC(C)(OC)C(=O)N(C)Cc1cc(C#CCCO)cs1. The monoisotopic (exact) mass is 309 g/mol. The lowest BCUT2D eigenvalue weighted by atomic mass is 10.0. The maximum atomic E-state index is 12.4. The van der Waals surface area contributed by atoms with E-state index in [0.717, 1.165) is 10.4 Å². The van der Waals surface area contributed by atoms with Gasteiger partial charge in [-0.1, -0.05) is 18.8 Å². The molecule has 21 heavy (non-hydrogen) atoms. The number of amides is 1. The number of thiophene rings is 1. The van der Waals surface area contributed by atoms with Crippen molar-refractivity contribution in [2.24, 2.45) is 0 Å². The molecule has 1 aromatic rings. The molecule has 1 N–H and O–H groups in total. The molecule has 0 spiro atoms. The number of ether oxygens (including phenoxy) is 1. The Hall–Kier alpha value is -1.35. The molecule has 0 radical (unpaired) electrons. The fraction of sp³-hybridized carbons (Fsp3) is 0.562. The van der Waals surface area contributed by atoms with Crippen LogP contribution < -0.4 is 0 Å². The molecule has 0 fully saturated rings. The van der Waals surface area contributed by atoms with Crippen LogP contribution in [0.15, 0.2) is 11.4 Å². The number of aliphatic hydroxyl groups is 1. The number of nitrogens with zero attached hydrogens (tertiary/aromatic N) is 1. The van der Waals surface area contributed by atoms with Crippen molar-refractivity contribution in [3.05, 3.63) is 21.9 Å². The number of likely N-dealkylation sites (N-methyl/N-ethyl adjacent to an activating group) is 1. The molecule has 0 bridgehead atoms. The summed E-state index contributed by atoms with van der Waals surface area (Å²) in [5, 5.41) is 10.7. The summed E-state index contributed by atoms with van der Waals surface area (Å²) in [7, 11) is 3.35. The van der Waals surface area contributed by atoms with Crippen molar-refractivity contribution >= 4 is 17.2 Å². The Kier molecular flexibility index (Phi) is 6.90. The second kappa shape index (κ2) is 8.18. The molecular formula is C16H23NO3S. The van der Waals surface area contributed by atoms with Crippen LogP contribution >= 0.6 is 11.3 Å². The number of hydrogen-bond donors (Lipinski definition) is 1. The summed E-state index contributed by atoms with van der Waals surface area (Å²) in [4.78, 5) is 15.2. The maximum Gasteiger partial charge on any atom is 0.254 e. The van der Waals surface area contributed by atoms with Crippen LogP contribution in [0.1, 0.15) is 37.1 Å². The van der Waals surface area contributed by atoms with Crippen molar-refractivity contribution < 1.29 is 14.6 Å². The summed E-state index contributed by atoms with van der Waals surface area (Å²) >= 11 is 1.58. The average molecular weight is 309 g/mol. The fourth-order valence-corrected chi connectivity index (χ4v) is 2.71. The Morgan fingerprint density at radius 1 is 1.57 bits per heavy atom. The van der Waals surface area contributed by atoms with E-state index in [1.54, 1.807) is 30.4 Å². The van der Waals surface area contributed by atoms with Gasteiger partial charge in [0, 0.05) is 36.4 Å². The first-order valence-corrected chi connectivity index (χ1v) is 7.82. The minimum Gasteiger partial charge on any atom is -0.395 e. The number of hydrogen-bond acceptors (Lipinski definition) is 4. The minimum absolute atomic E-state index is 0.0196. The van der Waals surface area contributed by atoms with Gasteiger partial charge in [0.2, 0.25) is 0 Å². The van der Waals surface area contributed by atoms with Gasteiger partial charge in [-0.25, -0.2) is 0 Å². The zero-order valence-electron chi connectivity index (χ0n) is 13.1. The van der Waals surface area contributed by atoms with E-state index in [2.05, 4.69) is 11.8 Å². The van der Waals surface area contributed by atoms with Gasteiger partial charge in [0.05, 0.1) is 13.2 Å². The molecule has 0 aliphatic carbocycles. The Morgan fingerprint density at radius 2 is 2.29 bits per heavy atom. The van der Waals surface area contributed by atoms with Crippen molar-refractivity contribution in [2.75, 3.05) is 20.8 Å². The predicted octanol–water partition coefficient (Wildman–Crippen LogP) is 2.26. The average Bonchev–Trinajstić information content (AvgIpc) is 2.93. The molecule has 1 amide bonds. The highest BCUT2D eigenvalue weighted by molar-refractivity contribution is 7.10. The van der Waals surface area contributed by atoms with Crippen molar-refractivity contribution in [1.82, 2.24) is 4.90 Å². The molecule has 5 heteroatoms. The predicted molar refractivity (Wildman–Crippen MR) is 85.1 cm³/mol. The lowest BCUT2D eigenvalue weighted by Crippen LogP contribution is -2.46. The van der Waals surface area contributed by atoms with Crippen molar-refractivity contribution in [2.45, 2.75) is 38.8 Å². The first kappa shape index (κ1) is 17.7. The highest BCUT2D eigenvalue weighted by Crippen LogP contribution is 2.21. The molecule has 1 heterocycles. The van der Waals surface area contributed by atoms with Gasteiger partial charge in [-0.15, -0.1) is 11.3 Å². The van der Waals surface area contributed by atoms with Gasteiger partial charge in [-0.05, 0) is 19.4 Å². The van der Waals surface area contributed by atoms with Crippen molar-refractivity contribution in [1.29, 1.82) is 0 Å². The van der Waals surface area contributed by atoms with Gasteiger partial charge in [0.25, 0.3) is 5.91 Å². The van der Waals surface area contributed by atoms with Crippen LogP contribution in [-0.4, -0.2) is 42.3 Å². The van der Waals surface area contributed by atoms with Crippen LogP contribution in [0.3, 0.4) is 0 Å². The van der Waals surface area contributed by atoms with Crippen LogP contribution in [-0.2, 0) is 16.1 Å². The Bertz CT molecular complexity index is 523. The van der Waals surface area contributed by atoms with E-state index in [9.17, 15) is 4.79 Å². The normalized spacial score (nSPS) is 13.2. The number of methoxy groups -OCH3 is 1. The largest absolute Gasteiger partial charge is 0.395 e. The van der Waals surface area contributed by atoms with E-state index in [1.165, 1.54) is 0 Å². The van der Waals surface area contributed by atoms with Gasteiger partial charge >= 0.3 is 0 Å². The second-order valence-corrected chi connectivity index (χ2v) is 6.02. The molecule has 1 atom stereocenters. The van der Waals surface area contributed by atoms with E-state index in [1.807, 2.05) is 25.3 Å². The maximum absolute atomic E-state index is 12.4. The molecule has 0 saturated carbocycles. The third kappa shape index (κ3) is 4.85. The molecule has 0 aromatic carbocycles. The van der Waals surface area contributed by atoms with Gasteiger partial charge in [0.1, 0.15) is 5.60 Å². The third-order valence-electron chi connectivity index (χ3n) is 3.44. The second-order valence-electron chi connectivity index (χ2n) is 5.03. The van der Waals surface area contributed by atoms with Crippen LogP contribution in [0, 0.1) is 11.8 Å². The van der Waals surface area contributed by atoms with E-state index >= 15 is 0 Å². The van der Waals surface area contributed by atoms with Crippen LogP contribution in [0.2, 0.25) is 0 Å². The number of carbonyl (C=O) groups excluding carboxylic acids is 1. The Morgan fingerprint density at radius 3 is 2.86 bits per heavy atom. The highest BCUT2D eigenvalue weighted by Gasteiger charge is 2.33. The topological polar surface area (TPSA) is 49.8 Å². The van der Waals surface area contributed by atoms with Crippen molar-refractivity contribution in [3.8, 4) is 11.8 Å². The van der Waals surface area contributed by atoms with E-state index < -0.39 is 5.60 Å². The minimum atomic E-state index is -0.768. The quantitative estimate of drug-likeness (QED) is 0.820. The first-order chi connectivity index (χ1) is 9.96. The molecule has 0 aliphatic heterocycles. The summed E-state index contributed by atoms with van der Waals surface area (Å²) in [6.07, 6.45) is 1.11. The van der Waals surface area contributed by atoms with Crippen molar-refractivity contribution in [3.63, 3.8) is 0 Å².